The maximum absolute atomic E-state index is 12.8. The zero-order valence-corrected chi connectivity index (χ0v) is 16.0. The number of aromatic nitrogens is 3. The molecule has 3 aromatic rings. The molecule has 142 valence electrons. The first-order valence-corrected chi connectivity index (χ1v) is 8.85. The van der Waals surface area contributed by atoms with Crippen LogP contribution in [-0.4, -0.2) is 32.6 Å². The number of hydrogen-bond donors (Lipinski definition) is 0. The summed E-state index contributed by atoms with van der Waals surface area (Å²) in [5.74, 6) is 1.82. The second-order valence-corrected chi connectivity index (χ2v) is 6.77. The Bertz CT molecular complexity index is 896. The molecule has 0 aliphatic heterocycles. The fourth-order valence-electron chi connectivity index (χ4n) is 2.73. The number of benzene rings is 1. The van der Waals surface area contributed by atoms with Crippen LogP contribution in [0.15, 0.2) is 47.3 Å². The molecule has 0 atom stereocenters. The number of rotatable bonds is 7. The van der Waals surface area contributed by atoms with Gasteiger partial charge in [0.1, 0.15) is 18.7 Å². The van der Waals surface area contributed by atoms with Crippen molar-refractivity contribution in [2.24, 2.45) is 0 Å². The minimum Gasteiger partial charge on any atom is -0.486 e. The van der Waals surface area contributed by atoms with Crippen molar-refractivity contribution in [3.63, 3.8) is 0 Å². The van der Waals surface area contributed by atoms with Gasteiger partial charge in [-0.3, -0.25) is 4.79 Å². The first kappa shape index (κ1) is 18.7. The van der Waals surface area contributed by atoms with E-state index in [1.54, 1.807) is 24.3 Å². The van der Waals surface area contributed by atoms with E-state index < -0.39 is 0 Å². The van der Waals surface area contributed by atoms with Crippen molar-refractivity contribution in [2.45, 2.75) is 40.0 Å². The molecule has 0 aliphatic rings. The fourth-order valence-corrected chi connectivity index (χ4v) is 2.73. The molecule has 0 spiro atoms. The van der Waals surface area contributed by atoms with Gasteiger partial charge in [0.05, 0.1) is 18.4 Å². The average Bonchev–Trinajstić information content (AvgIpc) is 3.29. The molecule has 3 rings (SSSR count). The molecule has 0 bridgehead atoms. The third-order valence-corrected chi connectivity index (χ3v) is 4.30. The highest BCUT2D eigenvalue weighted by atomic mass is 16.5. The number of amides is 1. The Morgan fingerprint density at radius 1 is 1.26 bits per heavy atom. The van der Waals surface area contributed by atoms with Gasteiger partial charge in [-0.05, 0) is 39.0 Å². The monoisotopic (exact) mass is 368 g/mol. The molecule has 0 radical (unpaired) electrons. The van der Waals surface area contributed by atoms with Crippen LogP contribution in [0.3, 0.4) is 0 Å². The maximum Gasteiger partial charge on any atom is 0.257 e. The van der Waals surface area contributed by atoms with E-state index in [2.05, 4.69) is 10.2 Å². The second kappa shape index (κ2) is 8.07. The van der Waals surface area contributed by atoms with Crippen LogP contribution in [0.1, 0.15) is 47.4 Å². The van der Waals surface area contributed by atoms with Gasteiger partial charge in [0.2, 0.25) is 0 Å². The number of hydrogen-bond acceptors (Lipinski definition) is 5. The van der Waals surface area contributed by atoms with E-state index in [1.807, 2.05) is 49.6 Å². The van der Waals surface area contributed by atoms with Crippen molar-refractivity contribution in [2.75, 3.05) is 7.05 Å². The lowest BCUT2D eigenvalue weighted by Crippen LogP contribution is -2.28. The molecule has 0 unspecified atom stereocenters. The molecule has 7 nitrogen and oxygen atoms in total. The van der Waals surface area contributed by atoms with E-state index in [0.717, 1.165) is 17.1 Å². The van der Waals surface area contributed by atoms with Crippen LogP contribution in [0.5, 0.6) is 5.75 Å². The fraction of sp³-hybridized carbons (Fsp3) is 0.350. The van der Waals surface area contributed by atoms with Crippen LogP contribution in [0.2, 0.25) is 0 Å². The lowest BCUT2D eigenvalue weighted by atomic mass is 10.2. The van der Waals surface area contributed by atoms with Crippen LogP contribution in [0, 0.1) is 6.92 Å². The highest BCUT2D eigenvalue weighted by Gasteiger charge is 2.21. The topological polar surface area (TPSA) is 73.4 Å². The lowest BCUT2D eigenvalue weighted by molar-refractivity contribution is 0.0774. The Hall–Kier alpha value is -3.09. The molecule has 0 saturated heterocycles. The summed E-state index contributed by atoms with van der Waals surface area (Å²) in [4.78, 5) is 14.4. The number of ether oxygens (including phenoxy) is 1. The highest BCUT2D eigenvalue weighted by Crippen LogP contribution is 2.19. The largest absolute Gasteiger partial charge is 0.486 e. The third kappa shape index (κ3) is 4.36. The summed E-state index contributed by atoms with van der Waals surface area (Å²) in [7, 11) is 1.74. The summed E-state index contributed by atoms with van der Waals surface area (Å²) in [6, 6.07) is 9.63. The SMILES string of the molecule is Cc1ccc(OCc2occc2C(=O)N(C)Cc2nncn2C(C)C)cc1. The predicted octanol–water partition coefficient (Wildman–Crippen LogP) is 3.61. The summed E-state index contributed by atoms with van der Waals surface area (Å²) >= 11 is 0. The second-order valence-electron chi connectivity index (χ2n) is 6.77. The number of carbonyl (C=O) groups excluding carboxylic acids is 1. The first-order chi connectivity index (χ1) is 13.0. The summed E-state index contributed by atoms with van der Waals surface area (Å²) in [5.41, 5.74) is 1.65. The van der Waals surface area contributed by atoms with E-state index in [0.29, 0.717) is 17.9 Å². The molecular formula is C20H24N4O3. The molecule has 7 heteroatoms. The minimum absolute atomic E-state index is 0.149. The van der Waals surface area contributed by atoms with Crippen LogP contribution in [0.4, 0.5) is 0 Å². The third-order valence-electron chi connectivity index (χ3n) is 4.30. The Balaban J connectivity index is 1.67. The minimum atomic E-state index is -0.149. The molecule has 0 N–H and O–H groups in total. The van der Waals surface area contributed by atoms with E-state index in [1.165, 1.54) is 6.26 Å². The molecular weight excluding hydrogens is 344 g/mol. The summed E-state index contributed by atoms with van der Waals surface area (Å²) < 4.78 is 13.2. The molecule has 0 saturated carbocycles. The van der Waals surface area contributed by atoms with Gasteiger partial charge >= 0.3 is 0 Å². The van der Waals surface area contributed by atoms with E-state index in [9.17, 15) is 4.79 Å². The van der Waals surface area contributed by atoms with Gasteiger partial charge in [0.15, 0.2) is 11.6 Å². The van der Waals surface area contributed by atoms with E-state index >= 15 is 0 Å². The van der Waals surface area contributed by atoms with E-state index in [-0.39, 0.29) is 18.6 Å². The average molecular weight is 368 g/mol. The number of furan rings is 1. The van der Waals surface area contributed by atoms with Crippen molar-refractivity contribution < 1.29 is 13.9 Å². The lowest BCUT2D eigenvalue weighted by Gasteiger charge is -2.18. The van der Waals surface area contributed by atoms with Crippen LogP contribution in [0.25, 0.3) is 0 Å². The number of nitrogens with zero attached hydrogens (tertiary/aromatic N) is 4. The molecule has 1 amide bonds. The Kier molecular flexibility index (Phi) is 5.59. The van der Waals surface area contributed by atoms with Crippen LogP contribution >= 0.6 is 0 Å². The number of carbonyl (C=O) groups is 1. The van der Waals surface area contributed by atoms with Crippen molar-refractivity contribution in [1.82, 2.24) is 19.7 Å². The Morgan fingerprint density at radius 3 is 2.70 bits per heavy atom. The summed E-state index contributed by atoms with van der Waals surface area (Å²) in [6.45, 7) is 6.66. The quantitative estimate of drug-likeness (QED) is 0.637. The van der Waals surface area contributed by atoms with Crippen LogP contribution < -0.4 is 4.74 Å². The molecule has 27 heavy (non-hydrogen) atoms. The molecule has 0 fully saturated rings. The van der Waals surface area contributed by atoms with Crippen LogP contribution in [-0.2, 0) is 13.2 Å². The Morgan fingerprint density at radius 2 is 2.00 bits per heavy atom. The zero-order chi connectivity index (χ0) is 19.4. The number of aryl methyl sites for hydroxylation is 1. The van der Waals surface area contributed by atoms with Crippen molar-refractivity contribution >= 4 is 5.91 Å². The standard InChI is InChI=1S/C20H24N4O3/c1-14(2)24-13-21-22-19(24)11-23(4)20(25)17-9-10-26-18(17)12-27-16-7-5-15(3)6-8-16/h5-10,13-14H,11-12H2,1-4H3. The molecule has 0 aliphatic carbocycles. The Labute approximate surface area is 158 Å². The predicted molar refractivity (Wildman–Crippen MR) is 100 cm³/mol. The van der Waals surface area contributed by atoms with Gasteiger partial charge in [-0.15, -0.1) is 10.2 Å². The normalized spacial score (nSPS) is 11.0. The summed E-state index contributed by atoms with van der Waals surface area (Å²) in [5, 5.41) is 8.06. The van der Waals surface area contributed by atoms with Gasteiger partial charge in [-0.1, -0.05) is 17.7 Å². The van der Waals surface area contributed by atoms with E-state index in [4.69, 9.17) is 9.15 Å². The highest BCUT2D eigenvalue weighted by molar-refractivity contribution is 5.94. The van der Waals surface area contributed by atoms with Gasteiger partial charge in [-0.25, -0.2) is 0 Å². The summed E-state index contributed by atoms with van der Waals surface area (Å²) in [6.07, 6.45) is 3.18. The molecule has 2 heterocycles. The van der Waals surface area contributed by atoms with Crippen molar-refractivity contribution in [1.29, 1.82) is 0 Å². The van der Waals surface area contributed by atoms with Crippen molar-refractivity contribution in [3.8, 4) is 5.75 Å². The van der Waals surface area contributed by atoms with Gasteiger partial charge < -0.3 is 18.6 Å². The molecule has 2 aromatic heterocycles. The maximum atomic E-state index is 12.8. The smallest absolute Gasteiger partial charge is 0.257 e. The van der Waals surface area contributed by atoms with Gasteiger partial charge in [0, 0.05) is 13.1 Å². The first-order valence-electron chi connectivity index (χ1n) is 8.85. The van der Waals surface area contributed by atoms with Gasteiger partial charge in [-0.2, -0.15) is 0 Å². The van der Waals surface area contributed by atoms with Gasteiger partial charge in [0.25, 0.3) is 5.91 Å². The van der Waals surface area contributed by atoms with Crippen molar-refractivity contribution in [3.05, 3.63) is 65.6 Å². The molecule has 1 aromatic carbocycles. The zero-order valence-electron chi connectivity index (χ0n) is 16.0.